The van der Waals surface area contributed by atoms with Gasteiger partial charge in [0.2, 0.25) is 0 Å². The molecule has 1 aromatic rings. The Bertz CT molecular complexity index is 342. The van der Waals surface area contributed by atoms with Gasteiger partial charge in [-0.1, -0.05) is 24.3 Å². The van der Waals surface area contributed by atoms with E-state index in [1.54, 1.807) is 11.1 Å². The summed E-state index contributed by atoms with van der Waals surface area (Å²) in [6.45, 7) is 3.40. The number of hydrogen-bond acceptors (Lipinski definition) is 2. The Kier molecular flexibility index (Phi) is 1.85. The molecule has 2 nitrogen and oxygen atoms in total. The quantitative estimate of drug-likeness (QED) is 0.749. The van der Waals surface area contributed by atoms with Gasteiger partial charge in [0.25, 0.3) is 0 Å². The topological polar surface area (TPSA) is 29.3 Å². The van der Waals surface area contributed by atoms with Crippen molar-refractivity contribution in [2.75, 3.05) is 19.6 Å². The van der Waals surface area contributed by atoms with Crippen molar-refractivity contribution in [3.05, 3.63) is 35.4 Å². The summed E-state index contributed by atoms with van der Waals surface area (Å²) in [5.41, 5.74) is 8.86. The first kappa shape index (κ1) is 8.45. The number of nitrogens with two attached hydrogens (primary N) is 1. The third-order valence-electron chi connectivity index (χ3n) is 3.43. The molecule has 0 amide bonds. The molecule has 1 heterocycles. The van der Waals surface area contributed by atoms with E-state index < -0.39 is 0 Å². The third kappa shape index (κ3) is 1.26. The predicted molar refractivity (Wildman–Crippen MR) is 57.3 cm³/mol. The maximum Gasteiger partial charge on any atom is 0.0297 e. The van der Waals surface area contributed by atoms with Gasteiger partial charge in [-0.15, -0.1) is 0 Å². The van der Waals surface area contributed by atoms with Gasteiger partial charge in [-0.05, 0) is 17.5 Å². The molecule has 2 aliphatic rings. The van der Waals surface area contributed by atoms with Gasteiger partial charge in [0.05, 0.1) is 0 Å². The van der Waals surface area contributed by atoms with Crippen molar-refractivity contribution in [1.82, 2.24) is 4.90 Å². The fourth-order valence-corrected chi connectivity index (χ4v) is 2.60. The molecule has 14 heavy (non-hydrogen) atoms. The summed E-state index contributed by atoms with van der Waals surface area (Å²) in [7, 11) is 0. The van der Waals surface area contributed by atoms with Crippen molar-refractivity contribution < 1.29 is 0 Å². The highest BCUT2D eigenvalue weighted by molar-refractivity contribution is 5.40. The van der Waals surface area contributed by atoms with Crippen molar-refractivity contribution in [2.45, 2.75) is 18.4 Å². The molecule has 1 atom stereocenters. The summed E-state index contributed by atoms with van der Waals surface area (Å²) in [5.74, 6) is 0.777. The van der Waals surface area contributed by atoms with Gasteiger partial charge in [-0.3, -0.25) is 4.90 Å². The Morgan fingerprint density at radius 2 is 2.07 bits per heavy atom. The highest BCUT2D eigenvalue weighted by atomic mass is 15.2. The fourth-order valence-electron chi connectivity index (χ4n) is 2.60. The van der Waals surface area contributed by atoms with Crippen LogP contribution in [0.25, 0.3) is 0 Å². The van der Waals surface area contributed by atoms with E-state index in [0.717, 1.165) is 19.0 Å². The van der Waals surface area contributed by atoms with Crippen LogP contribution in [0.2, 0.25) is 0 Å². The van der Waals surface area contributed by atoms with Crippen molar-refractivity contribution in [3.63, 3.8) is 0 Å². The van der Waals surface area contributed by atoms with Crippen LogP contribution in [-0.2, 0) is 6.42 Å². The summed E-state index contributed by atoms with van der Waals surface area (Å²) in [4.78, 5) is 2.46. The van der Waals surface area contributed by atoms with Crippen LogP contribution in [0.15, 0.2) is 24.3 Å². The minimum atomic E-state index is 0.435. The van der Waals surface area contributed by atoms with Crippen LogP contribution in [0.1, 0.15) is 17.0 Å². The normalized spacial score (nSPS) is 26.5. The molecule has 0 saturated carbocycles. The molecule has 2 N–H and O–H groups in total. The summed E-state index contributed by atoms with van der Waals surface area (Å²) < 4.78 is 0. The first-order chi connectivity index (χ1) is 6.83. The molecule has 1 unspecified atom stereocenters. The first-order valence-electron chi connectivity index (χ1n) is 5.38. The Hall–Kier alpha value is -0.860. The molecule has 1 saturated heterocycles. The monoisotopic (exact) mass is 188 g/mol. The van der Waals surface area contributed by atoms with E-state index in [1.165, 1.54) is 13.0 Å². The second-order valence-corrected chi connectivity index (χ2v) is 4.58. The largest absolute Gasteiger partial charge is 0.325 e. The van der Waals surface area contributed by atoms with E-state index in [0.29, 0.717) is 6.04 Å². The summed E-state index contributed by atoms with van der Waals surface area (Å²) >= 11 is 0. The number of likely N-dealkylation sites (tertiary alicyclic amines) is 1. The molecule has 1 aliphatic carbocycles. The summed E-state index contributed by atoms with van der Waals surface area (Å²) in [6.07, 6.45) is 1.27. The van der Waals surface area contributed by atoms with Crippen molar-refractivity contribution >= 4 is 0 Å². The molecule has 2 heteroatoms. The van der Waals surface area contributed by atoms with Gasteiger partial charge in [0.15, 0.2) is 0 Å². The van der Waals surface area contributed by atoms with Crippen LogP contribution in [0, 0.1) is 0 Å². The zero-order valence-corrected chi connectivity index (χ0v) is 8.32. The Labute approximate surface area is 84.7 Å². The van der Waals surface area contributed by atoms with E-state index in [1.807, 2.05) is 0 Å². The fraction of sp³-hybridized carbons (Fsp3) is 0.500. The SMILES string of the molecule is NC1CN(CC2Cc3ccccc32)C1. The lowest BCUT2D eigenvalue weighted by Crippen LogP contribution is -2.57. The lowest BCUT2D eigenvalue weighted by molar-refractivity contribution is 0.137. The van der Waals surface area contributed by atoms with Gasteiger partial charge in [-0.25, -0.2) is 0 Å². The molecule has 0 aromatic heterocycles. The molecule has 3 rings (SSSR count). The number of nitrogens with zero attached hydrogens (tertiary/aromatic N) is 1. The first-order valence-corrected chi connectivity index (χ1v) is 5.38. The zero-order chi connectivity index (χ0) is 9.54. The average Bonchev–Trinajstić information content (AvgIpc) is 2.11. The zero-order valence-electron chi connectivity index (χ0n) is 8.32. The Morgan fingerprint density at radius 1 is 1.29 bits per heavy atom. The highest BCUT2D eigenvalue weighted by Gasteiger charge is 2.31. The maximum atomic E-state index is 5.76. The van der Waals surface area contributed by atoms with Crippen LogP contribution in [0.5, 0.6) is 0 Å². The van der Waals surface area contributed by atoms with E-state index >= 15 is 0 Å². The lowest BCUT2D eigenvalue weighted by Gasteiger charge is -2.42. The summed E-state index contributed by atoms with van der Waals surface area (Å²) in [5, 5.41) is 0. The van der Waals surface area contributed by atoms with Gasteiger partial charge in [0, 0.05) is 31.6 Å². The van der Waals surface area contributed by atoms with Crippen LogP contribution in [0.4, 0.5) is 0 Å². The third-order valence-corrected chi connectivity index (χ3v) is 3.43. The maximum absolute atomic E-state index is 5.76. The minimum Gasteiger partial charge on any atom is -0.325 e. The summed E-state index contributed by atoms with van der Waals surface area (Å²) in [6, 6.07) is 9.23. The minimum absolute atomic E-state index is 0.435. The van der Waals surface area contributed by atoms with E-state index in [-0.39, 0.29) is 0 Å². The average molecular weight is 188 g/mol. The molecular weight excluding hydrogens is 172 g/mol. The van der Waals surface area contributed by atoms with Gasteiger partial charge in [0.1, 0.15) is 0 Å². The van der Waals surface area contributed by atoms with Gasteiger partial charge < -0.3 is 5.73 Å². The lowest BCUT2D eigenvalue weighted by atomic mass is 9.77. The molecule has 74 valence electrons. The second kappa shape index (κ2) is 3.07. The van der Waals surface area contributed by atoms with Crippen molar-refractivity contribution in [2.24, 2.45) is 5.73 Å². The number of benzene rings is 1. The smallest absolute Gasteiger partial charge is 0.0297 e. The molecular formula is C12H16N2. The molecule has 1 aliphatic heterocycles. The van der Waals surface area contributed by atoms with E-state index in [9.17, 15) is 0 Å². The number of hydrogen-bond donors (Lipinski definition) is 1. The molecule has 0 bridgehead atoms. The molecule has 0 radical (unpaired) electrons. The van der Waals surface area contributed by atoms with E-state index in [4.69, 9.17) is 5.73 Å². The second-order valence-electron chi connectivity index (χ2n) is 4.58. The molecule has 1 aromatic carbocycles. The number of fused-ring (bicyclic) bond motifs is 1. The Balaban J connectivity index is 1.63. The number of rotatable bonds is 2. The van der Waals surface area contributed by atoms with Crippen LogP contribution >= 0.6 is 0 Å². The highest BCUT2D eigenvalue weighted by Crippen LogP contribution is 2.35. The molecule has 0 spiro atoms. The van der Waals surface area contributed by atoms with Gasteiger partial charge >= 0.3 is 0 Å². The van der Waals surface area contributed by atoms with Crippen LogP contribution in [0.3, 0.4) is 0 Å². The van der Waals surface area contributed by atoms with E-state index in [2.05, 4.69) is 29.2 Å². The standard InChI is InChI=1S/C12H16N2/c13-11-7-14(8-11)6-10-5-9-3-1-2-4-12(9)10/h1-4,10-11H,5-8,13H2. The van der Waals surface area contributed by atoms with Crippen molar-refractivity contribution in [3.8, 4) is 0 Å². The molecule has 1 fully saturated rings. The van der Waals surface area contributed by atoms with Crippen LogP contribution in [-0.4, -0.2) is 30.6 Å². The van der Waals surface area contributed by atoms with Crippen molar-refractivity contribution in [1.29, 1.82) is 0 Å². The predicted octanol–water partition coefficient (Wildman–Crippen LogP) is 0.969. The van der Waals surface area contributed by atoms with Crippen LogP contribution < -0.4 is 5.73 Å². The Morgan fingerprint density at radius 3 is 2.79 bits per heavy atom. The van der Waals surface area contributed by atoms with Gasteiger partial charge in [-0.2, -0.15) is 0 Å².